The summed E-state index contributed by atoms with van der Waals surface area (Å²) in [6.45, 7) is 1.16. The molecule has 4 nitrogen and oxygen atoms in total. The lowest BCUT2D eigenvalue weighted by molar-refractivity contribution is 0.449. The Labute approximate surface area is 430 Å². The van der Waals surface area contributed by atoms with E-state index in [9.17, 15) is 10.2 Å². The number of aryl methyl sites for hydroxylation is 4. The predicted molar refractivity (Wildman–Crippen MR) is 308 cm³/mol. The van der Waals surface area contributed by atoms with Crippen LogP contribution in [0.15, 0.2) is 34.3 Å². The molecule has 1 heterocycles. The first-order valence-electron chi connectivity index (χ1n) is 31.0. The molecule has 2 aromatic rings. The fourth-order valence-corrected chi connectivity index (χ4v) is 32.4. The minimum absolute atomic E-state index is 0.452. The molecule has 0 spiro atoms. The zero-order valence-corrected chi connectivity index (χ0v) is 46.5. The van der Waals surface area contributed by atoms with Gasteiger partial charge in [0.25, 0.3) is 0 Å². The number of hydrogen-bond donors (Lipinski definition) is 2. The van der Waals surface area contributed by atoms with Crippen molar-refractivity contribution in [3.63, 3.8) is 0 Å². The SMILES string of the molecule is Oc1c2cc(CCC[P+](C3CCCCC3)(C3CCCCC3)C3CCCCC3)cc1CCCCCCc1cc(CCC[P+](C3CCCCC3)(C3CCCCC3)C3CCCCC3)cc(c1O)C=NCCN=C2. The summed E-state index contributed by atoms with van der Waals surface area (Å²) in [6, 6.07) is 9.38. The molecular formula is C64H102N2O2P2+2. The Morgan fingerprint density at radius 1 is 0.357 bits per heavy atom. The van der Waals surface area contributed by atoms with Gasteiger partial charge in [-0.15, -0.1) is 0 Å². The Hall–Kier alpha value is -1.76. The lowest BCUT2D eigenvalue weighted by Gasteiger charge is -2.49. The molecule has 0 radical (unpaired) electrons. The van der Waals surface area contributed by atoms with Crippen molar-refractivity contribution in [2.45, 2.75) is 291 Å². The van der Waals surface area contributed by atoms with E-state index in [0.29, 0.717) is 24.6 Å². The Morgan fingerprint density at radius 2 is 0.629 bits per heavy atom. The van der Waals surface area contributed by atoms with Crippen LogP contribution < -0.4 is 0 Å². The number of rotatable bonds is 14. The first-order chi connectivity index (χ1) is 34.5. The van der Waals surface area contributed by atoms with Crippen molar-refractivity contribution < 1.29 is 10.2 Å². The average molecular weight is 993 g/mol. The van der Waals surface area contributed by atoms with E-state index in [1.54, 1.807) is 0 Å². The van der Waals surface area contributed by atoms with Crippen LogP contribution in [0.25, 0.3) is 0 Å². The van der Waals surface area contributed by atoms with E-state index in [4.69, 9.17) is 9.98 Å². The number of phenols is 2. The molecule has 6 heteroatoms. The molecule has 70 heavy (non-hydrogen) atoms. The molecule has 6 aliphatic carbocycles. The van der Waals surface area contributed by atoms with E-state index in [0.717, 1.165) is 108 Å². The van der Waals surface area contributed by atoms with Crippen LogP contribution in [0.2, 0.25) is 0 Å². The molecule has 388 valence electrons. The summed E-state index contributed by atoms with van der Waals surface area (Å²) in [7, 11) is -2.21. The van der Waals surface area contributed by atoms with Gasteiger partial charge in [-0.3, -0.25) is 9.98 Å². The highest BCUT2D eigenvalue weighted by molar-refractivity contribution is 7.78. The van der Waals surface area contributed by atoms with Crippen LogP contribution in [0.1, 0.15) is 265 Å². The maximum atomic E-state index is 11.7. The topological polar surface area (TPSA) is 65.2 Å². The average Bonchev–Trinajstić information content (AvgIpc) is 3.42. The Kier molecular flexibility index (Phi) is 20.6. The molecule has 2 N–H and O–H groups in total. The quantitative estimate of drug-likeness (QED) is 0.185. The molecule has 4 bridgehead atoms. The highest BCUT2D eigenvalue weighted by atomic mass is 31.2. The Balaban J connectivity index is 0.887. The highest BCUT2D eigenvalue weighted by Gasteiger charge is 2.58. The van der Waals surface area contributed by atoms with Crippen LogP contribution in [0, 0.1) is 0 Å². The van der Waals surface area contributed by atoms with E-state index in [1.807, 2.05) is 12.4 Å². The fraction of sp³-hybridized carbons (Fsp3) is 0.781. The molecule has 9 rings (SSSR count). The number of aliphatic imine (C=N–C) groups is 2. The summed E-state index contributed by atoms with van der Waals surface area (Å²) in [5.74, 6) is 0.905. The van der Waals surface area contributed by atoms with Gasteiger partial charge in [-0.1, -0.05) is 63.5 Å². The first-order valence-corrected chi connectivity index (χ1v) is 35.3. The molecule has 7 aliphatic rings. The van der Waals surface area contributed by atoms with Crippen molar-refractivity contribution in [1.82, 2.24) is 0 Å². The van der Waals surface area contributed by atoms with Crippen molar-refractivity contribution in [1.29, 1.82) is 0 Å². The van der Waals surface area contributed by atoms with Crippen LogP contribution >= 0.6 is 14.5 Å². The minimum atomic E-state index is -1.10. The molecule has 0 amide bonds. The summed E-state index contributed by atoms with van der Waals surface area (Å²) in [5, 5.41) is 23.5. The summed E-state index contributed by atoms with van der Waals surface area (Å²) in [4.78, 5) is 9.82. The summed E-state index contributed by atoms with van der Waals surface area (Å²) in [5.41, 5.74) is 13.2. The Bertz CT molecular complexity index is 1710. The molecule has 2 aromatic carbocycles. The standard InChI is InChI=1S/C64H100N2O2P2/c67-63-53-27-9-1-2-10-28-54-46-52(26-24-44-70(60-35-17-6-18-36-60,61-37-19-7-20-38-61)62-39-21-8-22-40-62)48-56(64(54)68)50-66-42-41-65-49-55(63)47-51(45-53)25-23-43-69(57-29-11-3-12-30-57,58-31-13-4-14-32-58)59-33-15-5-16-34-59/h45-50,57-62H,1-44H2/p+2. The third-order valence-corrected chi connectivity index (χ3v) is 34.0. The second-order valence-electron chi connectivity index (χ2n) is 24.8. The van der Waals surface area contributed by atoms with E-state index < -0.39 is 14.5 Å². The zero-order chi connectivity index (χ0) is 47.9. The van der Waals surface area contributed by atoms with Gasteiger partial charge in [0.05, 0.1) is 59.4 Å². The van der Waals surface area contributed by atoms with E-state index in [-0.39, 0.29) is 0 Å². The van der Waals surface area contributed by atoms with Crippen molar-refractivity contribution in [2.75, 3.05) is 25.4 Å². The van der Waals surface area contributed by atoms with Gasteiger partial charge >= 0.3 is 0 Å². The molecule has 6 fully saturated rings. The van der Waals surface area contributed by atoms with Gasteiger partial charge in [0.1, 0.15) is 11.5 Å². The van der Waals surface area contributed by atoms with E-state index in [1.165, 1.54) is 229 Å². The lowest BCUT2D eigenvalue weighted by Crippen LogP contribution is -2.37. The van der Waals surface area contributed by atoms with Gasteiger partial charge in [-0.25, -0.2) is 0 Å². The maximum absolute atomic E-state index is 11.7. The largest absolute Gasteiger partial charge is 0.507 e. The number of nitrogens with zero attached hydrogens (tertiary/aromatic N) is 2. The molecule has 0 atom stereocenters. The van der Waals surface area contributed by atoms with Crippen molar-refractivity contribution in [3.05, 3.63) is 57.6 Å². The zero-order valence-electron chi connectivity index (χ0n) is 44.7. The van der Waals surface area contributed by atoms with Crippen LogP contribution in [0.3, 0.4) is 0 Å². The number of hydrogen-bond acceptors (Lipinski definition) is 4. The van der Waals surface area contributed by atoms with E-state index in [2.05, 4.69) is 24.3 Å². The molecule has 6 saturated carbocycles. The normalized spacial score (nSPS) is 23.5. The fourth-order valence-electron chi connectivity index (χ4n) is 17.2. The van der Waals surface area contributed by atoms with Crippen molar-refractivity contribution >= 4 is 27.0 Å². The number of benzene rings is 2. The second kappa shape index (κ2) is 27.2. The molecule has 1 aliphatic heterocycles. The number of aromatic hydroxyl groups is 2. The molecule has 0 unspecified atom stereocenters. The molecule has 0 aromatic heterocycles. The third-order valence-electron chi connectivity index (χ3n) is 20.6. The predicted octanol–water partition coefficient (Wildman–Crippen LogP) is 18.2. The lowest BCUT2D eigenvalue weighted by atomic mass is 9.96. The first kappa shape index (κ1) is 53.1. The number of fused-ring (bicyclic) bond motifs is 4. The van der Waals surface area contributed by atoms with Gasteiger partial charge in [0.15, 0.2) is 0 Å². The monoisotopic (exact) mass is 993 g/mol. The summed E-state index contributed by atoms with van der Waals surface area (Å²) >= 11 is 0. The van der Waals surface area contributed by atoms with Gasteiger partial charge < -0.3 is 10.2 Å². The molecule has 0 saturated heterocycles. The smallest absolute Gasteiger partial charge is 0.127 e. The van der Waals surface area contributed by atoms with Crippen LogP contribution in [-0.2, 0) is 25.7 Å². The van der Waals surface area contributed by atoms with Gasteiger partial charge in [-0.2, -0.15) is 0 Å². The number of phenolic OH excluding ortho intramolecular Hbond substituents is 2. The second-order valence-corrected chi connectivity index (χ2v) is 34.0. The summed E-state index contributed by atoms with van der Waals surface area (Å²) < 4.78 is 0. The van der Waals surface area contributed by atoms with E-state index >= 15 is 0 Å². The van der Waals surface area contributed by atoms with Crippen molar-refractivity contribution in [3.8, 4) is 11.5 Å². The van der Waals surface area contributed by atoms with Gasteiger partial charge in [0, 0.05) is 38.1 Å². The van der Waals surface area contributed by atoms with Crippen LogP contribution in [0.5, 0.6) is 11.5 Å². The summed E-state index contributed by atoms with van der Waals surface area (Å²) in [6.07, 6.45) is 63.2. The molecular weight excluding hydrogens is 891 g/mol. The van der Waals surface area contributed by atoms with Crippen LogP contribution in [0.4, 0.5) is 0 Å². The highest BCUT2D eigenvalue weighted by Crippen LogP contribution is 2.79. The third kappa shape index (κ3) is 13.2. The van der Waals surface area contributed by atoms with Crippen LogP contribution in [-0.4, -0.2) is 82.0 Å². The Morgan fingerprint density at radius 3 is 0.914 bits per heavy atom. The maximum Gasteiger partial charge on any atom is 0.127 e. The van der Waals surface area contributed by atoms with Gasteiger partial charge in [0.2, 0.25) is 0 Å². The van der Waals surface area contributed by atoms with Crippen molar-refractivity contribution in [2.24, 2.45) is 9.98 Å². The minimum Gasteiger partial charge on any atom is -0.507 e. The van der Waals surface area contributed by atoms with Gasteiger partial charge in [-0.05, 0) is 240 Å².